The van der Waals surface area contributed by atoms with E-state index < -0.39 is 0 Å². The molecular formula is C19H25N3O2. The smallest absolute Gasteiger partial charge is 0.322 e. The predicted octanol–water partition coefficient (Wildman–Crippen LogP) is 4.05. The van der Waals surface area contributed by atoms with Crippen LogP contribution in [0.2, 0.25) is 0 Å². The van der Waals surface area contributed by atoms with Crippen molar-refractivity contribution >= 4 is 11.7 Å². The average Bonchev–Trinajstić information content (AvgIpc) is 2.95. The van der Waals surface area contributed by atoms with Crippen LogP contribution < -0.4 is 10.1 Å². The van der Waals surface area contributed by atoms with Crippen LogP contribution in [0.3, 0.4) is 0 Å². The minimum atomic E-state index is -0.0629. The topological polar surface area (TPSA) is 46.5 Å². The molecule has 2 heterocycles. The van der Waals surface area contributed by atoms with Gasteiger partial charge < -0.3 is 19.5 Å². The molecule has 24 heavy (non-hydrogen) atoms. The zero-order valence-corrected chi connectivity index (χ0v) is 14.7. The van der Waals surface area contributed by atoms with Crippen LogP contribution in [0.5, 0.6) is 5.75 Å². The summed E-state index contributed by atoms with van der Waals surface area (Å²) in [4.78, 5) is 14.8. The second-order valence-electron chi connectivity index (χ2n) is 6.60. The van der Waals surface area contributed by atoms with Gasteiger partial charge in [-0.15, -0.1) is 0 Å². The van der Waals surface area contributed by atoms with Crippen LogP contribution in [0.15, 0.2) is 36.4 Å². The summed E-state index contributed by atoms with van der Waals surface area (Å²) in [5.41, 5.74) is 3.22. The second-order valence-corrected chi connectivity index (χ2v) is 6.60. The summed E-state index contributed by atoms with van der Waals surface area (Å²) in [7, 11) is 1.62. The molecule has 1 aromatic heterocycles. The number of carbonyl (C=O) groups is 1. The first-order chi connectivity index (χ1) is 11.5. The summed E-state index contributed by atoms with van der Waals surface area (Å²) in [6, 6.07) is 11.7. The van der Waals surface area contributed by atoms with E-state index in [1.165, 1.54) is 11.4 Å². The highest BCUT2D eigenvalue weighted by atomic mass is 16.5. The quantitative estimate of drug-likeness (QED) is 0.924. The molecule has 1 aliphatic heterocycles. The Labute approximate surface area is 143 Å². The summed E-state index contributed by atoms with van der Waals surface area (Å²) in [6.45, 7) is 7.99. The number of carbonyl (C=O) groups excluding carboxylic acids is 1. The number of hydrogen-bond acceptors (Lipinski definition) is 2. The van der Waals surface area contributed by atoms with E-state index in [9.17, 15) is 4.79 Å². The zero-order valence-electron chi connectivity index (χ0n) is 14.7. The lowest BCUT2D eigenvalue weighted by Crippen LogP contribution is -2.46. The van der Waals surface area contributed by atoms with E-state index in [4.69, 9.17) is 4.74 Å². The molecule has 0 spiro atoms. The number of fused-ring (bicyclic) bond motifs is 1. The van der Waals surface area contributed by atoms with Crippen molar-refractivity contribution in [3.05, 3.63) is 47.8 Å². The van der Waals surface area contributed by atoms with Crippen molar-refractivity contribution < 1.29 is 9.53 Å². The van der Waals surface area contributed by atoms with Crippen LogP contribution in [-0.2, 0) is 6.54 Å². The zero-order chi connectivity index (χ0) is 17.3. The Bertz CT molecular complexity index is 736. The maximum Gasteiger partial charge on any atom is 0.322 e. The Morgan fingerprint density at radius 1 is 1.25 bits per heavy atom. The van der Waals surface area contributed by atoms with Gasteiger partial charge >= 0.3 is 6.03 Å². The molecule has 1 N–H and O–H groups in total. The molecule has 1 atom stereocenters. The number of amides is 2. The van der Waals surface area contributed by atoms with Gasteiger partial charge in [0.05, 0.1) is 13.2 Å². The lowest BCUT2D eigenvalue weighted by atomic mass is 9.97. The average molecular weight is 327 g/mol. The normalized spacial score (nSPS) is 16.9. The molecule has 0 saturated heterocycles. The van der Waals surface area contributed by atoms with Crippen molar-refractivity contribution in [2.75, 3.05) is 19.0 Å². The summed E-state index contributed by atoms with van der Waals surface area (Å²) in [5.74, 6) is 1.07. The van der Waals surface area contributed by atoms with Gasteiger partial charge in [0.25, 0.3) is 0 Å². The summed E-state index contributed by atoms with van der Waals surface area (Å²) >= 11 is 0. The fourth-order valence-electron chi connectivity index (χ4n) is 3.49. The fraction of sp³-hybridized carbons (Fsp3) is 0.421. The Hall–Kier alpha value is -2.43. The van der Waals surface area contributed by atoms with E-state index in [2.05, 4.69) is 42.8 Å². The molecule has 2 amide bonds. The number of ether oxygens (including phenoxy) is 1. The van der Waals surface area contributed by atoms with Crippen LogP contribution in [0.25, 0.3) is 0 Å². The van der Waals surface area contributed by atoms with E-state index in [-0.39, 0.29) is 12.1 Å². The first-order valence-corrected chi connectivity index (χ1v) is 8.39. The van der Waals surface area contributed by atoms with Crippen LogP contribution in [0.4, 0.5) is 10.5 Å². The van der Waals surface area contributed by atoms with Gasteiger partial charge in [-0.1, -0.05) is 19.9 Å². The van der Waals surface area contributed by atoms with Crippen LogP contribution in [-0.4, -0.2) is 29.2 Å². The SMILES string of the molecule is COc1cccc(NC(=O)N2CCn3c(C)ccc3[C@H]2C(C)C)c1. The van der Waals surface area contributed by atoms with Gasteiger partial charge in [0.2, 0.25) is 0 Å². The molecule has 1 aromatic carbocycles. The first kappa shape index (κ1) is 16.4. The van der Waals surface area contributed by atoms with Crippen LogP contribution in [0, 0.1) is 12.8 Å². The molecule has 3 rings (SSSR count). The Morgan fingerprint density at radius 3 is 2.75 bits per heavy atom. The third-order valence-corrected chi connectivity index (χ3v) is 4.65. The Balaban J connectivity index is 1.83. The minimum absolute atomic E-state index is 0.0629. The monoisotopic (exact) mass is 327 g/mol. The number of rotatable bonds is 3. The highest BCUT2D eigenvalue weighted by Crippen LogP contribution is 2.34. The van der Waals surface area contributed by atoms with Crippen molar-refractivity contribution in [3.8, 4) is 5.75 Å². The maximum atomic E-state index is 12.9. The van der Waals surface area contributed by atoms with Gasteiger partial charge in [0.15, 0.2) is 0 Å². The molecule has 0 fully saturated rings. The van der Waals surface area contributed by atoms with E-state index >= 15 is 0 Å². The molecule has 0 saturated carbocycles. The largest absolute Gasteiger partial charge is 0.497 e. The number of nitrogens with zero attached hydrogens (tertiary/aromatic N) is 2. The fourth-order valence-corrected chi connectivity index (χ4v) is 3.49. The number of benzene rings is 1. The van der Waals surface area contributed by atoms with E-state index in [0.717, 1.165) is 18.0 Å². The molecule has 0 aliphatic carbocycles. The lowest BCUT2D eigenvalue weighted by molar-refractivity contribution is 0.143. The van der Waals surface area contributed by atoms with Crippen molar-refractivity contribution in [1.82, 2.24) is 9.47 Å². The number of anilines is 1. The van der Waals surface area contributed by atoms with Gasteiger partial charge in [-0.05, 0) is 37.1 Å². The molecule has 2 aromatic rings. The van der Waals surface area contributed by atoms with Gasteiger partial charge in [-0.3, -0.25) is 0 Å². The molecule has 0 radical (unpaired) electrons. The Morgan fingerprint density at radius 2 is 2.04 bits per heavy atom. The van der Waals surface area contributed by atoms with Gasteiger partial charge in [-0.25, -0.2) is 4.79 Å². The number of aryl methyl sites for hydroxylation is 1. The highest BCUT2D eigenvalue weighted by Gasteiger charge is 2.33. The number of methoxy groups -OCH3 is 1. The molecular weight excluding hydrogens is 302 g/mol. The Kier molecular flexibility index (Phi) is 4.51. The number of aromatic nitrogens is 1. The number of nitrogens with one attached hydrogen (secondary N) is 1. The lowest BCUT2D eigenvalue weighted by Gasteiger charge is -2.39. The van der Waals surface area contributed by atoms with Crippen molar-refractivity contribution in [3.63, 3.8) is 0 Å². The minimum Gasteiger partial charge on any atom is -0.497 e. The third kappa shape index (κ3) is 2.98. The summed E-state index contributed by atoms with van der Waals surface area (Å²) in [6.07, 6.45) is 0. The van der Waals surface area contributed by atoms with E-state index in [0.29, 0.717) is 12.5 Å². The van der Waals surface area contributed by atoms with E-state index in [1.54, 1.807) is 7.11 Å². The van der Waals surface area contributed by atoms with Crippen LogP contribution >= 0.6 is 0 Å². The van der Waals surface area contributed by atoms with Crippen molar-refractivity contribution in [2.24, 2.45) is 5.92 Å². The van der Waals surface area contributed by atoms with Crippen molar-refractivity contribution in [1.29, 1.82) is 0 Å². The van der Waals surface area contributed by atoms with Gasteiger partial charge in [0, 0.05) is 36.2 Å². The molecule has 5 nitrogen and oxygen atoms in total. The van der Waals surface area contributed by atoms with Crippen LogP contribution in [0.1, 0.15) is 31.3 Å². The molecule has 0 unspecified atom stereocenters. The second kappa shape index (κ2) is 6.59. The van der Waals surface area contributed by atoms with Gasteiger partial charge in [0.1, 0.15) is 5.75 Å². The predicted molar refractivity (Wildman–Crippen MR) is 95.5 cm³/mol. The van der Waals surface area contributed by atoms with Gasteiger partial charge in [-0.2, -0.15) is 0 Å². The molecule has 0 bridgehead atoms. The number of hydrogen-bond donors (Lipinski definition) is 1. The highest BCUT2D eigenvalue weighted by molar-refractivity contribution is 5.90. The number of urea groups is 1. The van der Waals surface area contributed by atoms with E-state index in [1.807, 2.05) is 29.2 Å². The first-order valence-electron chi connectivity index (χ1n) is 8.39. The molecule has 128 valence electrons. The summed E-state index contributed by atoms with van der Waals surface area (Å²) in [5, 5.41) is 3.01. The summed E-state index contributed by atoms with van der Waals surface area (Å²) < 4.78 is 7.54. The molecule has 5 heteroatoms. The maximum absolute atomic E-state index is 12.9. The molecule has 1 aliphatic rings. The van der Waals surface area contributed by atoms with Crippen molar-refractivity contribution in [2.45, 2.75) is 33.4 Å². The third-order valence-electron chi connectivity index (χ3n) is 4.65. The standard InChI is InChI=1S/C19H25N3O2/c1-13(2)18-17-9-8-14(3)21(17)10-11-22(18)19(23)20-15-6-5-7-16(12-15)24-4/h5-9,12-13,18H,10-11H2,1-4H3,(H,20,23)/t18-/m1/s1.